The minimum atomic E-state index is 0.367. The molecule has 1 atom stereocenters. The lowest BCUT2D eigenvalue weighted by molar-refractivity contribution is 0.576. The Labute approximate surface area is 81.1 Å². The lowest BCUT2D eigenvalue weighted by Gasteiger charge is -2.21. The first kappa shape index (κ1) is 8.27. The van der Waals surface area contributed by atoms with E-state index in [1.807, 2.05) is 0 Å². The minimum absolute atomic E-state index is 0.367. The Bertz CT molecular complexity index is 296. The summed E-state index contributed by atoms with van der Waals surface area (Å²) in [6.45, 7) is 0. The Hall–Kier alpha value is -0.340. The molecule has 1 aromatic carbocycles. The average molecular weight is 226 g/mol. The van der Waals surface area contributed by atoms with Crippen LogP contribution in [-0.2, 0) is 12.8 Å². The van der Waals surface area contributed by atoms with Crippen LogP contribution in [-0.4, -0.2) is 6.04 Å². The zero-order chi connectivity index (χ0) is 8.55. The normalized spacial score (nSPS) is 22.0. The highest BCUT2D eigenvalue weighted by Crippen LogP contribution is 2.23. The van der Waals surface area contributed by atoms with E-state index in [4.69, 9.17) is 5.73 Å². The maximum Gasteiger partial charge on any atom is 0.0178 e. The Morgan fingerprint density at radius 1 is 1.33 bits per heavy atom. The van der Waals surface area contributed by atoms with Gasteiger partial charge in [0.1, 0.15) is 0 Å². The predicted molar refractivity (Wildman–Crippen MR) is 54.1 cm³/mol. The second-order valence-electron chi connectivity index (χ2n) is 3.42. The van der Waals surface area contributed by atoms with Gasteiger partial charge in [0.2, 0.25) is 0 Å². The second kappa shape index (κ2) is 3.19. The fourth-order valence-corrected chi connectivity index (χ4v) is 2.16. The van der Waals surface area contributed by atoms with Gasteiger partial charge in [0.25, 0.3) is 0 Å². The molecule has 2 N–H and O–H groups in total. The summed E-state index contributed by atoms with van der Waals surface area (Å²) in [7, 11) is 0. The van der Waals surface area contributed by atoms with Crippen molar-refractivity contribution in [3.8, 4) is 0 Å². The van der Waals surface area contributed by atoms with E-state index in [0.29, 0.717) is 6.04 Å². The number of rotatable bonds is 0. The first-order chi connectivity index (χ1) is 5.75. The van der Waals surface area contributed by atoms with Gasteiger partial charge >= 0.3 is 0 Å². The third-order valence-corrected chi connectivity index (χ3v) is 2.93. The minimum Gasteiger partial charge on any atom is -0.327 e. The van der Waals surface area contributed by atoms with Gasteiger partial charge in [0.05, 0.1) is 0 Å². The van der Waals surface area contributed by atoms with Crippen LogP contribution >= 0.6 is 15.9 Å². The van der Waals surface area contributed by atoms with Gasteiger partial charge in [-0.2, -0.15) is 0 Å². The van der Waals surface area contributed by atoms with Crippen molar-refractivity contribution in [1.82, 2.24) is 0 Å². The molecule has 1 aliphatic carbocycles. The Morgan fingerprint density at radius 3 is 3.00 bits per heavy atom. The number of halogens is 1. The Kier molecular flexibility index (Phi) is 2.20. The van der Waals surface area contributed by atoms with Gasteiger partial charge in [-0.25, -0.2) is 0 Å². The first-order valence-corrected chi connectivity index (χ1v) is 5.08. The lowest BCUT2D eigenvalue weighted by Crippen LogP contribution is -2.27. The topological polar surface area (TPSA) is 26.0 Å². The molecule has 2 rings (SSSR count). The van der Waals surface area contributed by atoms with Crippen molar-refractivity contribution in [2.75, 3.05) is 0 Å². The van der Waals surface area contributed by atoms with Crippen LogP contribution in [0.2, 0.25) is 0 Å². The fraction of sp³-hybridized carbons (Fsp3) is 0.400. The van der Waals surface area contributed by atoms with Gasteiger partial charge in [-0.15, -0.1) is 0 Å². The molecule has 0 fully saturated rings. The van der Waals surface area contributed by atoms with Crippen molar-refractivity contribution in [2.24, 2.45) is 5.73 Å². The van der Waals surface area contributed by atoms with Crippen molar-refractivity contribution in [3.63, 3.8) is 0 Å². The molecule has 0 saturated carbocycles. The van der Waals surface area contributed by atoms with Gasteiger partial charge < -0.3 is 5.73 Å². The van der Waals surface area contributed by atoms with E-state index in [9.17, 15) is 0 Å². The van der Waals surface area contributed by atoms with Crippen molar-refractivity contribution in [1.29, 1.82) is 0 Å². The smallest absolute Gasteiger partial charge is 0.0178 e. The number of hydrogen-bond donors (Lipinski definition) is 1. The summed E-state index contributed by atoms with van der Waals surface area (Å²) in [6, 6.07) is 6.86. The third kappa shape index (κ3) is 1.54. The molecule has 1 nitrogen and oxygen atoms in total. The lowest BCUT2D eigenvalue weighted by atomic mass is 9.89. The summed E-state index contributed by atoms with van der Waals surface area (Å²) in [6.07, 6.45) is 3.31. The summed E-state index contributed by atoms with van der Waals surface area (Å²) >= 11 is 3.47. The second-order valence-corrected chi connectivity index (χ2v) is 4.33. The number of hydrogen-bond acceptors (Lipinski definition) is 1. The molecule has 2 heteroatoms. The molecule has 0 bridgehead atoms. The Balaban J connectivity index is 2.37. The van der Waals surface area contributed by atoms with Crippen molar-refractivity contribution in [2.45, 2.75) is 25.3 Å². The SMILES string of the molecule is N[C@H]1CCc2ccc(Br)cc2C1. The summed E-state index contributed by atoms with van der Waals surface area (Å²) in [4.78, 5) is 0. The highest BCUT2D eigenvalue weighted by atomic mass is 79.9. The van der Waals surface area contributed by atoms with Gasteiger partial charge in [-0.3, -0.25) is 0 Å². The molecule has 0 unspecified atom stereocenters. The standard InChI is InChI=1S/C10H12BrN/c11-9-3-1-7-2-4-10(12)6-8(7)5-9/h1,3,5,10H,2,4,6,12H2/t10-/m0/s1. The summed E-state index contributed by atoms with van der Waals surface area (Å²) in [5, 5.41) is 0. The number of aryl methyl sites for hydroxylation is 1. The zero-order valence-corrected chi connectivity index (χ0v) is 8.47. The van der Waals surface area contributed by atoms with E-state index in [1.54, 1.807) is 0 Å². The van der Waals surface area contributed by atoms with Crippen LogP contribution in [0.25, 0.3) is 0 Å². The molecule has 12 heavy (non-hydrogen) atoms. The third-order valence-electron chi connectivity index (χ3n) is 2.43. The molecule has 0 aromatic heterocycles. The van der Waals surface area contributed by atoms with E-state index in [1.165, 1.54) is 11.1 Å². The van der Waals surface area contributed by atoms with Gasteiger partial charge in [-0.05, 0) is 42.5 Å². The molecular weight excluding hydrogens is 214 g/mol. The zero-order valence-electron chi connectivity index (χ0n) is 6.89. The maximum absolute atomic E-state index is 5.88. The highest BCUT2D eigenvalue weighted by molar-refractivity contribution is 9.10. The van der Waals surface area contributed by atoms with Crippen molar-refractivity contribution in [3.05, 3.63) is 33.8 Å². The first-order valence-electron chi connectivity index (χ1n) is 4.28. The molecule has 0 aliphatic heterocycles. The van der Waals surface area contributed by atoms with Crippen LogP contribution in [0.15, 0.2) is 22.7 Å². The van der Waals surface area contributed by atoms with E-state index < -0.39 is 0 Å². The molecule has 0 heterocycles. The van der Waals surface area contributed by atoms with Crippen LogP contribution in [0.4, 0.5) is 0 Å². The fourth-order valence-electron chi connectivity index (χ4n) is 1.75. The maximum atomic E-state index is 5.88. The van der Waals surface area contributed by atoms with Crippen LogP contribution in [0.5, 0.6) is 0 Å². The monoisotopic (exact) mass is 225 g/mol. The van der Waals surface area contributed by atoms with Crippen LogP contribution in [0.1, 0.15) is 17.5 Å². The largest absolute Gasteiger partial charge is 0.327 e. The van der Waals surface area contributed by atoms with E-state index in [0.717, 1.165) is 23.7 Å². The number of nitrogens with two attached hydrogens (primary N) is 1. The average Bonchev–Trinajstić information content (AvgIpc) is 2.03. The van der Waals surface area contributed by atoms with Crippen molar-refractivity contribution < 1.29 is 0 Å². The molecule has 0 saturated heterocycles. The van der Waals surface area contributed by atoms with E-state index >= 15 is 0 Å². The summed E-state index contributed by atoms with van der Waals surface area (Å²) in [5.74, 6) is 0. The Morgan fingerprint density at radius 2 is 2.17 bits per heavy atom. The predicted octanol–water partition coefficient (Wildman–Crippen LogP) is 2.27. The van der Waals surface area contributed by atoms with Crippen LogP contribution < -0.4 is 5.73 Å². The van der Waals surface area contributed by atoms with E-state index in [2.05, 4.69) is 34.1 Å². The molecular formula is C10H12BrN. The highest BCUT2D eigenvalue weighted by Gasteiger charge is 2.14. The van der Waals surface area contributed by atoms with Crippen molar-refractivity contribution >= 4 is 15.9 Å². The van der Waals surface area contributed by atoms with Crippen LogP contribution in [0.3, 0.4) is 0 Å². The molecule has 64 valence electrons. The van der Waals surface area contributed by atoms with Crippen LogP contribution in [0, 0.1) is 0 Å². The summed E-state index contributed by atoms with van der Waals surface area (Å²) < 4.78 is 1.16. The summed E-state index contributed by atoms with van der Waals surface area (Å²) in [5.41, 5.74) is 8.78. The molecule has 1 aliphatic rings. The van der Waals surface area contributed by atoms with Gasteiger partial charge in [0, 0.05) is 10.5 Å². The molecule has 0 amide bonds. The molecule has 1 aromatic rings. The van der Waals surface area contributed by atoms with Gasteiger partial charge in [-0.1, -0.05) is 22.0 Å². The molecule has 0 radical (unpaired) electrons. The number of fused-ring (bicyclic) bond motifs is 1. The van der Waals surface area contributed by atoms with E-state index in [-0.39, 0.29) is 0 Å². The number of benzene rings is 1. The quantitative estimate of drug-likeness (QED) is 0.721. The van der Waals surface area contributed by atoms with Gasteiger partial charge in [0.15, 0.2) is 0 Å². The molecule has 0 spiro atoms.